The summed E-state index contributed by atoms with van der Waals surface area (Å²) in [4.78, 5) is 33.8. The van der Waals surface area contributed by atoms with Crippen molar-refractivity contribution in [2.45, 2.75) is 31.8 Å². The third-order valence-corrected chi connectivity index (χ3v) is 5.52. The topological polar surface area (TPSA) is 93.2 Å². The highest BCUT2D eigenvalue weighted by molar-refractivity contribution is 7.98. The minimum Gasteiger partial charge on any atom is -0.495 e. The molecule has 0 atom stereocenters. The van der Waals surface area contributed by atoms with Gasteiger partial charge in [-0.05, 0) is 68.5 Å². The second-order valence-corrected chi connectivity index (χ2v) is 7.91. The molecule has 0 aliphatic carbocycles. The van der Waals surface area contributed by atoms with E-state index in [0.29, 0.717) is 35.5 Å². The summed E-state index contributed by atoms with van der Waals surface area (Å²) in [7, 11) is 1.55. The number of nitrogens with zero attached hydrogens (tertiary/aromatic N) is 2. The van der Waals surface area contributed by atoms with Crippen LogP contribution in [0.1, 0.15) is 33.7 Å². The smallest absolute Gasteiger partial charge is 0.255 e. The van der Waals surface area contributed by atoms with Crippen molar-refractivity contribution in [2.24, 2.45) is 0 Å². The second kappa shape index (κ2) is 10.8. The Bertz CT molecular complexity index is 1090. The van der Waals surface area contributed by atoms with Crippen LogP contribution in [-0.2, 0) is 11.2 Å². The largest absolute Gasteiger partial charge is 0.495 e. The Hall–Kier alpha value is -3.39. The van der Waals surface area contributed by atoms with Gasteiger partial charge in [0.15, 0.2) is 5.16 Å². The molecule has 1 aromatic heterocycles. The Morgan fingerprint density at radius 2 is 1.62 bits per heavy atom. The van der Waals surface area contributed by atoms with E-state index in [0.717, 1.165) is 22.1 Å². The van der Waals surface area contributed by atoms with Crippen molar-refractivity contribution in [3.8, 4) is 5.75 Å². The van der Waals surface area contributed by atoms with Gasteiger partial charge in [-0.2, -0.15) is 0 Å². The van der Waals surface area contributed by atoms with E-state index in [-0.39, 0.29) is 11.8 Å². The van der Waals surface area contributed by atoms with Gasteiger partial charge in [0.25, 0.3) is 5.91 Å². The van der Waals surface area contributed by atoms with Crippen LogP contribution in [-0.4, -0.2) is 35.1 Å². The number of thioether (sulfide) groups is 1. The van der Waals surface area contributed by atoms with Gasteiger partial charge in [0, 0.05) is 29.1 Å². The first-order chi connectivity index (χ1) is 15.4. The van der Waals surface area contributed by atoms with Crippen LogP contribution in [0.25, 0.3) is 0 Å². The van der Waals surface area contributed by atoms with E-state index >= 15 is 0 Å². The SMILES string of the molecule is COc1ccccc1NC(=O)c1ccc(NC(=O)CCc2c(C)nc(SC)nc2C)cc1. The third kappa shape index (κ3) is 5.85. The van der Waals surface area contributed by atoms with Gasteiger partial charge in [0.2, 0.25) is 5.91 Å². The second-order valence-electron chi connectivity index (χ2n) is 7.14. The number of aromatic nitrogens is 2. The number of anilines is 2. The van der Waals surface area contributed by atoms with Crippen molar-refractivity contribution in [2.75, 3.05) is 24.0 Å². The van der Waals surface area contributed by atoms with Gasteiger partial charge in [-0.3, -0.25) is 9.59 Å². The van der Waals surface area contributed by atoms with Crippen LogP contribution < -0.4 is 15.4 Å². The fourth-order valence-corrected chi connectivity index (χ4v) is 3.73. The van der Waals surface area contributed by atoms with Gasteiger partial charge in [0.1, 0.15) is 5.75 Å². The number of nitrogens with one attached hydrogen (secondary N) is 2. The molecule has 0 fully saturated rings. The molecular formula is C24H26N4O3S. The van der Waals surface area contributed by atoms with Crippen LogP contribution in [0, 0.1) is 13.8 Å². The molecule has 3 aromatic rings. The normalized spacial score (nSPS) is 10.5. The van der Waals surface area contributed by atoms with E-state index in [9.17, 15) is 9.59 Å². The van der Waals surface area contributed by atoms with Gasteiger partial charge in [0.05, 0.1) is 12.8 Å². The number of carbonyl (C=O) groups excluding carboxylic acids is 2. The molecular weight excluding hydrogens is 424 g/mol. The summed E-state index contributed by atoms with van der Waals surface area (Å²) in [6.45, 7) is 3.88. The summed E-state index contributed by atoms with van der Waals surface area (Å²) >= 11 is 1.50. The first-order valence-electron chi connectivity index (χ1n) is 10.1. The predicted molar refractivity (Wildman–Crippen MR) is 128 cm³/mol. The number of carbonyl (C=O) groups is 2. The number of para-hydroxylation sites is 2. The first-order valence-corrected chi connectivity index (χ1v) is 11.4. The van der Waals surface area contributed by atoms with Crippen LogP contribution in [0.4, 0.5) is 11.4 Å². The number of hydrogen-bond donors (Lipinski definition) is 2. The summed E-state index contributed by atoms with van der Waals surface area (Å²) in [5.41, 5.74) is 4.51. The molecule has 1 heterocycles. The van der Waals surface area contributed by atoms with E-state index in [1.807, 2.05) is 32.2 Å². The molecule has 7 nitrogen and oxygen atoms in total. The van der Waals surface area contributed by atoms with Crippen molar-refractivity contribution in [3.63, 3.8) is 0 Å². The Balaban J connectivity index is 1.57. The van der Waals surface area contributed by atoms with Crippen LogP contribution in [0.15, 0.2) is 53.7 Å². The average Bonchev–Trinajstić information content (AvgIpc) is 2.79. The number of methoxy groups -OCH3 is 1. The fourth-order valence-electron chi connectivity index (χ4n) is 3.27. The maximum atomic E-state index is 12.5. The molecule has 0 unspecified atom stereocenters. The lowest BCUT2D eigenvalue weighted by molar-refractivity contribution is -0.116. The van der Waals surface area contributed by atoms with Gasteiger partial charge >= 0.3 is 0 Å². The molecule has 0 bridgehead atoms. The van der Waals surface area contributed by atoms with Gasteiger partial charge in [-0.1, -0.05) is 23.9 Å². The summed E-state index contributed by atoms with van der Waals surface area (Å²) in [6, 6.07) is 14.0. The zero-order chi connectivity index (χ0) is 23.1. The molecule has 3 rings (SSSR count). The molecule has 0 saturated carbocycles. The molecule has 2 N–H and O–H groups in total. The van der Waals surface area contributed by atoms with Crippen LogP contribution in [0.5, 0.6) is 5.75 Å². The lowest BCUT2D eigenvalue weighted by atomic mass is 10.1. The lowest BCUT2D eigenvalue weighted by Crippen LogP contribution is -2.15. The monoisotopic (exact) mass is 450 g/mol. The fraction of sp³-hybridized carbons (Fsp3) is 0.250. The molecule has 0 radical (unpaired) electrons. The van der Waals surface area contributed by atoms with Crippen LogP contribution in [0.3, 0.4) is 0 Å². The van der Waals surface area contributed by atoms with E-state index < -0.39 is 0 Å². The molecule has 0 spiro atoms. The zero-order valence-corrected chi connectivity index (χ0v) is 19.4. The van der Waals surface area contributed by atoms with Crippen molar-refractivity contribution in [3.05, 3.63) is 71.0 Å². The van der Waals surface area contributed by atoms with Crippen molar-refractivity contribution >= 4 is 35.0 Å². The zero-order valence-electron chi connectivity index (χ0n) is 18.6. The molecule has 2 aromatic carbocycles. The summed E-state index contributed by atoms with van der Waals surface area (Å²) < 4.78 is 5.25. The summed E-state index contributed by atoms with van der Waals surface area (Å²) in [6.07, 6.45) is 2.83. The number of benzene rings is 2. The quantitative estimate of drug-likeness (QED) is 0.383. The number of ether oxygens (including phenoxy) is 1. The minimum atomic E-state index is -0.257. The average molecular weight is 451 g/mol. The van der Waals surface area contributed by atoms with Crippen molar-refractivity contribution in [1.82, 2.24) is 9.97 Å². The molecule has 0 saturated heterocycles. The lowest BCUT2D eigenvalue weighted by Gasteiger charge is -2.11. The molecule has 0 aliphatic heterocycles. The maximum absolute atomic E-state index is 12.5. The van der Waals surface area contributed by atoms with Gasteiger partial charge in [-0.25, -0.2) is 9.97 Å². The number of aryl methyl sites for hydroxylation is 2. The number of hydrogen-bond acceptors (Lipinski definition) is 6. The van der Waals surface area contributed by atoms with Crippen molar-refractivity contribution < 1.29 is 14.3 Å². The number of amides is 2. The standard InChI is InChI=1S/C24H26N4O3S/c1-15-19(16(2)26-24(25-15)32-4)13-14-22(29)27-18-11-9-17(10-12-18)23(30)28-20-7-5-6-8-21(20)31-3/h5-12H,13-14H2,1-4H3,(H,27,29)(H,28,30). The molecule has 8 heteroatoms. The third-order valence-electron chi connectivity index (χ3n) is 4.97. The Kier molecular flexibility index (Phi) is 7.83. The molecule has 32 heavy (non-hydrogen) atoms. The highest BCUT2D eigenvalue weighted by Crippen LogP contribution is 2.24. The van der Waals surface area contributed by atoms with E-state index in [1.165, 1.54) is 11.8 Å². The molecule has 166 valence electrons. The Morgan fingerprint density at radius 3 is 2.25 bits per heavy atom. The predicted octanol–water partition coefficient (Wildman–Crippen LogP) is 4.65. The highest BCUT2D eigenvalue weighted by Gasteiger charge is 2.12. The number of rotatable bonds is 8. The van der Waals surface area contributed by atoms with E-state index in [4.69, 9.17) is 4.74 Å². The first kappa shape index (κ1) is 23.3. The van der Waals surface area contributed by atoms with Gasteiger partial charge < -0.3 is 15.4 Å². The maximum Gasteiger partial charge on any atom is 0.255 e. The van der Waals surface area contributed by atoms with E-state index in [1.54, 1.807) is 43.5 Å². The Labute approximate surface area is 192 Å². The highest BCUT2D eigenvalue weighted by atomic mass is 32.2. The molecule has 0 aliphatic rings. The van der Waals surface area contributed by atoms with E-state index in [2.05, 4.69) is 20.6 Å². The summed E-state index contributed by atoms with van der Waals surface area (Å²) in [5.74, 6) is 0.222. The van der Waals surface area contributed by atoms with Crippen LogP contribution >= 0.6 is 11.8 Å². The van der Waals surface area contributed by atoms with Crippen LogP contribution in [0.2, 0.25) is 0 Å². The van der Waals surface area contributed by atoms with Crippen molar-refractivity contribution in [1.29, 1.82) is 0 Å². The van der Waals surface area contributed by atoms with Gasteiger partial charge in [-0.15, -0.1) is 0 Å². The summed E-state index contributed by atoms with van der Waals surface area (Å²) in [5, 5.41) is 6.44. The minimum absolute atomic E-state index is 0.107. The molecule has 2 amide bonds. The Morgan fingerprint density at radius 1 is 0.969 bits per heavy atom.